The highest BCUT2D eigenvalue weighted by molar-refractivity contribution is 6.31. The van der Waals surface area contributed by atoms with E-state index in [1.165, 1.54) is 0 Å². The van der Waals surface area contributed by atoms with Gasteiger partial charge in [0.2, 0.25) is 17.8 Å². The second-order valence-electron chi connectivity index (χ2n) is 5.87. The molecule has 24 heavy (non-hydrogen) atoms. The van der Waals surface area contributed by atoms with Gasteiger partial charge in [-0.2, -0.15) is 15.0 Å². The van der Waals surface area contributed by atoms with Crippen molar-refractivity contribution in [3.8, 4) is 5.75 Å². The number of anilines is 4. The predicted octanol–water partition coefficient (Wildman–Crippen LogP) is 3.92. The standard InChI is InChI=1S/C16H23ClN6O/c1-9(2)18-14-21-15(19-10(3)4)23-16(22-14)20-12-8-11(17)6-7-13(12)24-5/h6-10H,1-5H3,(H3,18,19,20,21,22,23). The minimum Gasteiger partial charge on any atom is -0.495 e. The molecule has 0 aliphatic carbocycles. The van der Waals surface area contributed by atoms with Gasteiger partial charge in [-0.25, -0.2) is 0 Å². The predicted molar refractivity (Wildman–Crippen MR) is 98.6 cm³/mol. The van der Waals surface area contributed by atoms with Crippen molar-refractivity contribution in [1.82, 2.24) is 15.0 Å². The van der Waals surface area contributed by atoms with Gasteiger partial charge < -0.3 is 20.7 Å². The molecule has 2 rings (SSSR count). The van der Waals surface area contributed by atoms with E-state index < -0.39 is 0 Å². The van der Waals surface area contributed by atoms with Gasteiger partial charge in [-0.1, -0.05) is 11.6 Å². The van der Waals surface area contributed by atoms with Crippen molar-refractivity contribution in [2.45, 2.75) is 39.8 Å². The van der Waals surface area contributed by atoms with Crippen molar-refractivity contribution >= 4 is 35.1 Å². The summed E-state index contributed by atoms with van der Waals surface area (Å²) in [6.07, 6.45) is 0. The number of nitrogens with one attached hydrogen (secondary N) is 3. The molecule has 130 valence electrons. The molecule has 0 saturated carbocycles. The summed E-state index contributed by atoms with van der Waals surface area (Å²) in [4.78, 5) is 13.2. The lowest BCUT2D eigenvalue weighted by Gasteiger charge is -2.15. The Morgan fingerprint density at radius 3 is 1.96 bits per heavy atom. The van der Waals surface area contributed by atoms with Crippen molar-refractivity contribution in [3.63, 3.8) is 0 Å². The number of halogens is 1. The molecule has 0 aliphatic heterocycles. The SMILES string of the molecule is COc1ccc(Cl)cc1Nc1nc(NC(C)C)nc(NC(C)C)n1. The molecule has 0 spiro atoms. The van der Waals surface area contributed by atoms with Crippen LogP contribution in [0.2, 0.25) is 5.02 Å². The normalized spacial score (nSPS) is 10.8. The Kier molecular flexibility index (Phi) is 6.03. The summed E-state index contributed by atoms with van der Waals surface area (Å²) in [5, 5.41) is 10.1. The Hall–Kier alpha value is -2.28. The molecule has 0 amide bonds. The molecule has 1 aromatic heterocycles. The summed E-state index contributed by atoms with van der Waals surface area (Å²) in [5.41, 5.74) is 0.683. The first kappa shape index (κ1) is 18.1. The zero-order valence-corrected chi connectivity index (χ0v) is 15.3. The molecule has 8 heteroatoms. The van der Waals surface area contributed by atoms with Crippen molar-refractivity contribution in [3.05, 3.63) is 23.2 Å². The molecule has 1 aromatic carbocycles. The summed E-state index contributed by atoms with van der Waals surface area (Å²) >= 11 is 6.07. The topological polar surface area (TPSA) is 84.0 Å². The Labute approximate surface area is 147 Å². The number of rotatable bonds is 7. The lowest BCUT2D eigenvalue weighted by atomic mass is 10.3. The van der Waals surface area contributed by atoms with Crippen LogP contribution >= 0.6 is 11.6 Å². The van der Waals surface area contributed by atoms with Crippen LogP contribution in [0, 0.1) is 0 Å². The van der Waals surface area contributed by atoms with Crippen molar-refractivity contribution in [2.75, 3.05) is 23.1 Å². The Morgan fingerprint density at radius 1 is 0.917 bits per heavy atom. The van der Waals surface area contributed by atoms with Gasteiger partial charge in [0.05, 0.1) is 12.8 Å². The second-order valence-corrected chi connectivity index (χ2v) is 6.31. The Morgan fingerprint density at radius 2 is 1.46 bits per heavy atom. The van der Waals surface area contributed by atoms with E-state index in [9.17, 15) is 0 Å². The quantitative estimate of drug-likeness (QED) is 0.697. The summed E-state index contributed by atoms with van der Waals surface area (Å²) in [7, 11) is 1.60. The molecule has 1 heterocycles. The number of aromatic nitrogens is 3. The van der Waals surface area contributed by atoms with Gasteiger partial charge in [0, 0.05) is 17.1 Å². The molecule has 0 saturated heterocycles. The molecule has 0 aliphatic rings. The molecule has 0 atom stereocenters. The Bertz CT molecular complexity index is 664. The first-order valence-electron chi connectivity index (χ1n) is 7.77. The van der Waals surface area contributed by atoms with Crippen molar-refractivity contribution in [2.24, 2.45) is 0 Å². The summed E-state index contributed by atoms with van der Waals surface area (Å²) < 4.78 is 5.34. The van der Waals surface area contributed by atoms with E-state index in [-0.39, 0.29) is 12.1 Å². The van der Waals surface area contributed by atoms with E-state index in [0.29, 0.717) is 34.3 Å². The highest BCUT2D eigenvalue weighted by Crippen LogP contribution is 2.29. The zero-order valence-electron chi connectivity index (χ0n) is 14.5. The van der Waals surface area contributed by atoms with Gasteiger partial charge in [0.15, 0.2) is 0 Å². The van der Waals surface area contributed by atoms with E-state index in [2.05, 4.69) is 30.9 Å². The van der Waals surface area contributed by atoms with E-state index in [0.717, 1.165) is 0 Å². The van der Waals surface area contributed by atoms with Gasteiger partial charge in [0.25, 0.3) is 0 Å². The third-order valence-electron chi connectivity index (χ3n) is 2.88. The molecule has 0 unspecified atom stereocenters. The fourth-order valence-corrected chi connectivity index (χ4v) is 2.15. The van der Waals surface area contributed by atoms with E-state index >= 15 is 0 Å². The maximum Gasteiger partial charge on any atom is 0.233 e. The van der Waals surface area contributed by atoms with Gasteiger partial charge in [0.1, 0.15) is 5.75 Å². The summed E-state index contributed by atoms with van der Waals surface area (Å²) in [5.74, 6) is 2.03. The lowest BCUT2D eigenvalue weighted by Crippen LogP contribution is -2.18. The largest absolute Gasteiger partial charge is 0.495 e. The molecule has 0 bridgehead atoms. The van der Waals surface area contributed by atoms with E-state index in [1.807, 2.05) is 27.7 Å². The zero-order chi connectivity index (χ0) is 17.7. The molecule has 0 fully saturated rings. The maximum absolute atomic E-state index is 6.07. The number of nitrogens with zero attached hydrogens (tertiary/aromatic N) is 3. The third-order valence-corrected chi connectivity index (χ3v) is 3.11. The van der Waals surface area contributed by atoms with Crippen LogP contribution in [-0.4, -0.2) is 34.1 Å². The lowest BCUT2D eigenvalue weighted by molar-refractivity contribution is 0.417. The fraction of sp³-hybridized carbons (Fsp3) is 0.438. The minimum absolute atomic E-state index is 0.202. The van der Waals surface area contributed by atoms with Crippen LogP contribution < -0.4 is 20.7 Å². The van der Waals surface area contributed by atoms with Crippen LogP contribution in [0.15, 0.2) is 18.2 Å². The fourth-order valence-electron chi connectivity index (χ4n) is 1.98. The third kappa shape index (κ3) is 5.13. The number of hydrogen-bond donors (Lipinski definition) is 3. The number of ether oxygens (including phenoxy) is 1. The van der Waals surface area contributed by atoms with Crippen LogP contribution in [-0.2, 0) is 0 Å². The molecule has 7 nitrogen and oxygen atoms in total. The molecule has 2 aromatic rings. The number of methoxy groups -OCH3 is 1. The average Bonchev–Trinajstić information content (AvgIpc) is 2.45. The highest BCUT2D eigenvalue weighted by atomic mass is 35.5. The minimum atomic E-state index is 0.202. The van der Waals surface area contributed by atoms with Crippen LogP contribution in [0.5, 0.6) is 5.75 Å². The Balaban J connectivity index is 2.36. The molecule has 0 radical (unpaired) electrons. The van der Waals surface area contributed by atoms with Gasteiger partial charge >= 0.3 is 0 Å². The van der Waals surface area contributed by atoms with Gasteiger partial charge in [-0.05, 0) is 45.9 Å². The van der Waals surface area contributed by atoms with Crippen LogP contribution in [0.1, 0.15) is 27.7 Å². The van der Waals surface area contributed by atoms with Gasteiger partial charge in [-0.3, -0.25) is 0 Å². The van der Waals surface area contributed by atoms with Crippen LogP contribution in [0.25, 0.3) is 0 Å². The number of hydrogen-bond acceptors (Lipinski definition) is 7. The van der Waals surface area contributed by atoms with Crippen molar-refractivity contribution in [1.29, 1.82) is 0 Å². The monoisotopic (exact) mass is 350 g/mol. The molecule has 3 N–H and O–H groups in total. The smallest absolute Gasteiger partial charge is 0.233 e. The maximum atomic E-state index is 6.07. The van der Waals surface area contributed by atoms with Gasteiger partial charge in [-0.15, -0.1) is 0 Å². The highest BCUT2D eigenvalue weighted by Gasteiger charge is 2.11. The summed E-state index contributed by atoms with van der Waals surface area (Å²) in [6.45, 7) is 8.08. The average molecular weight is 351 g/mol. The molecular weight excluding hydrogens is 328 g/mol. The number of benzene rings is 1. The van der Waals surface area contributed by atoms with Crippen molar-refractivity contribution < 1.29 is 4.74 Å². The summed E-state index contributed by atoms with van der Waals surface area (Å²) in [6, 6.07) is 5.71. The van der Waals surface area contributed by atoms with E-state index in [1.54, 1.807) is 25.3 Å². The first-order valence-corrected chi connectivity index (χ1v) is 8.15. The second kappa shape index (κ2) is 8.01. The van der Waals surface area contributed by atoms with Crippen LogP contribution in [0.3, 0.4) is 0 Å². The molecular formula is C16H23ClN6O. The first-order chi connectivity index (χ1) is 11.4. The van der Waals surface area contributed by atoms with Crippen LogP contribution in [0.4, 0.5) is 23.5 Å². The van der Waals surface area contributed by atoms with E-state index in [4.69, 9.17) is 16.3 Å².